The molecule has 9 heteroatoms. The third-order valence-corrected chi connectivity index (χ3v) is 6.89. The maximum atomic E-state index is 12.6. The molecule has 0 spiro atoms. The summed E-state index contributed by atoms with van der Waals surface area (Å²) >= 11 is 0. The first-order chi connectivity index (χ1) is 12.8. The number of sulfonamides is 1. The van der Waals surface area contributed by atoms with Crippen LogP contribution in [0.15, 0.2) is 28.8 Å². The molecule has 0 aliphatic carbocycles. The molecule has 8 nitrogen and oxygen atoms in total. The van der Waals surface area contributed by atoms with Crippen LogP contribution in [0.2, 0.25) is 0 Å². The number of nitrogens with zero attached hydrogens (tertiary/aromatic N) is 4. The van der Waals surface area contributed by atoms with Crippen LogP contribution in [0.5, 0.6) is 0 Å². The van der Waals surface area contributed by atoms with Crippen molar-refractivity contribution in [3.63, 3.8) is 0 Å². The van der Waals surface area contributed by atoms with Crippen LogP contribution < -0.4 is 0 Å². The third kappa shape index (κ3) is 4.36. The normalized spacial score (nSPS) is 16.1. The van der Waals surface area contributed by atoms with E-state index in [0.29, 0.717) is 37.9 Å². The van der Waals surface area contributed by atoms with Crippen molar-refractivity contribution >= 4 is 15.9 Å². The van der Waals surface area contributed by atoms with Gasteiger partial charge >= 0.3 is 0 Å². The highest BCUT2D eigenvalue weighted by molar-refractivity contribution is 7.89. The summed E-state index contributed by atoms with van der Waals surface area (Å²) in [7, 11) is -3.27. The molecule has 3 rings (SSSR count). The lowest BCUT2D eigenvalue weighted by molar-refractivity contribution is -0.131. The zero-order valence-electron chi connectivity index (χ0n) is 15.8. The highest BCUT2D eigenvalue weighted by Crippen LogP contribution is 2.18. The van der Waals surface area contributed by atoms with E-state index in [1.54, 1.807) is 25.7 Å². The standard InChI is InChI=1S/C18H24N4O4S/c1-13(2)27(24,25)22-9-7-21(8-10-22)17(23)12-15-5-4-6-16(11-15)18-19-14(3)26-20-18/h4-6,11,13H,7-10,12H2,1-3H3. The van der Waals surface area contributed by atoms with Crippen LogP contribution in [0.4, 0.5) is 0 Å². The molecule has 1 amide bonds. The maximum Gasteiger partial charge on any atom is 0.227 e. The van der Waals surface area contributed by atoms with Gasteiger partial charge in [0.05, 0.1) is 11.7 Å². The van der Waals surface area contributed by atoms with Gasteiger partial charge in [0.25, 0.3) is 0 Å². The number of benzene rings is 1. The van der Waals surface area contributed by atoms with Gasteiger partial charge in [-0.15, -0.1) is 0 Å². The summed E-state index contributed by atoms with van der Waals surface area (Å²) in [5, 5.41) is 3.45. The van der Waals surface area contributed by atoms with E-state index in [1.807, 2.05) is 24.3 Å². The van der Waals surface area contributed by atoms with Crippen molar-refractivity contribution in [3.05, 3.63) is 35.7 Å². The Morgan fingerprint density at radius 3 is 2.52 bits per heavy atom. The Labute approximate surface area is 159 Å². The average molecular weight is 392 g/mol. The molecule has 0 radical (unpaired) electrons. The number of hydrogen-bond acceptors (Lipinski definition) is 6. The summed E-state index contributed by atoms with van der Waals surface area (Å²) in [6.07, 6.45) is 0.252. The molecule has 27 heavy (non-hydrogen) atoms. The van der Waals surface area contributed by atoms with Gasteiger partial charge in [-0.3, -0.25) is 4.79 Å². The fourth-order valence-electron chi connectivity index (χ4n) is 3.01. The smallest absolute Gasteiger partial charge is 0.227 e. The minimum Gasteiger partial charge on any atom is -0.340 e. The van der Waals surface area contributed by atoms with E-state index in [4.69, 9.17) is 4.52 Å². The van der Waals surface area contributed by atoms with Crippen molar-refractivity contribution in [2.75, 3.05) is 26.2 Å². The molecule has 0 unspecified atom stereocenters. The zero-order valence-corrected chi connectivity index (χ0v) is 16.6. The summed E-state index contributed by atoms with van der Waals surface area (Å²) in [5.41, 5.74) is 1.65. The van der Waals surface area contributed by atoms with Crippen LogP contribution in [0.3, 0.4) is 0 Å². The molecule has 1 aliphatic heterocycles. The number of rotatable bonds is 5. The Morgan fingerprint density at radius 2 is 1.93 bits per heavy atom. The number of amides is 1. The van der Waals surface area contributed by atoms with Crippen LogP contribution >= 0.6 is 0 Å². The topological polar surface area (TPSA) is 96.6 Å². The summed E-state index contributed by atoms with van der Waals surface area (Å²) < 4.78 is 30.9. The Balaban J connectivity index is 1.62. The van der Waals surface area contributed by atoms with Gasteiger partial charge in [-0.25, -0.2) is 8.42 Å². The highest BCUT2D eigenvalue weighted by Gasteiger charge is 2.30. The van der Waals surface area contributed by atoms with Crippen molar-refractivity contribution < 1.29 is 17.7 Å². The summed E-state index contributed by atoms with van der Waals surface area (Å²) in [5.74, 6) is 0.966. The molecular weight excluding hydrogens is 368 g/mol. The van der Waals surface area contributed by atoms with Crippen LogP contribution in [-0.4, -0.2) is 65.1 Å². The largest absolute Gasteiger partial charge is 0.340 e. The fraction of sp³-hybridized carbons (Fsp3) is 0.500. The second-order valence-corrected chi connectivity index (χ2v) is 9.38. The number of piperazine rings is 1. The van der Waals surface area contributed by atoms with Crippen molar-refractivity contribution in [2.45, 2.75) is 32.4 Å². The number of hydrogen-bond donors (Lipinski definition) is 0. The van der Waals surface area contributed by atoms with Crippen LogP contribution in [0.1, 0.15) is 25.3 Å². The quantitative estimate of drug-likeness (QED) is 0.764. The first kappa shape index (κ1) is 19.5. The third-order valence-electron chi connectivity index (χ3n) is 4.62. The van der Waals surface area contributed by atoms with Crippen LogP contribution in [0, 0.1) is 6.92 Å². The lowest BCUT2D eigenvalue weighted by Gasteiger charge is -2.35. The van der Waals surface area contributed by atoms with Crippen molar-refractivity contribution in [1.82, 2.24) is 19.3 Å². The molecular formula is C18H24N4O4S. The predicted molar refractivity (Wildman–Crippen MR) is 100 cm³/mol. The van der Waals surface area contributed by atoms with E-state index < -0.39 is 15.3 Å². The molecule has 1 fully saturated rings. The fourth-order valence-corrected chi connectivity index (χ4v) is 4.28. The minimum absolute atomic E-state index is 0.0157. The lowest BCUT2D eigenvalue weighted by Crippen LogP contribution is -2.52. The Morgan fingerprint density at radius 1 is 1.22 bits per heavy atom. The van der Waals surface area contributed by atoms with E-state index in [0.717, 1.165) is 11.1 Å². The molecule has 0 saturated carbocycles. The second-order valence-electron chi connectivity index (χ2n) is 6.89. The van der Waals surface area contributed by atoms with Gasteiger partial charge in [0.2, 0.25) is 27.6 Å². The molecule has 1 aromatic carbocycles. The Kier molecular flexibility index (Phi) is 5.61. The second kappa shape index (κ2) is 7.77. The van der Waals surface area contributed by atoms with Gasteiger partial charge in [0.1, 0.15) is 0 Å². The van der Waals surface area contributed by atoms with E-state index in [2.05, 4.69) is 10.1 Å². The van der Waals surface area contributed by atoms with E-state index in [-0.39, 0.29) is 12.3 Å². The van der Waals surface area contributed by atoms with Gasteiger partial charge in [0, 0.05) is 38.7 Å². The molecule has 0 bridgehead atoms. The predicted octanol–water partition coefficient (Wildman–Crippen LogP) is 1.47. The van der Waals surface area contributed by atoms with E-state index >= 15 is 0 Å². The molecule has 1 aliphatic rings. The molecule has 146 valence electrons. The number of aromatic nitrogens is 2. The molecule has 0 atom stereocenters. The van der Waals surface area contributed by atoms with Crippen LogP contribution in [-0.2, 0) is 21.2 Å². The minimum atomic E-state index is -3.27. The first-order valence-corrected chi connectivity index (χ1v) is 10.4. The summed E-state index contributed by atoms with van der Waals surface area (Å²) in [6.45, 7) is 6.57. The number of carbonyl (C=O) groups is 1. The molecule has 1 aromatic heterocycles. The van der Waals surface area contributed by atoms with Crippen molar-refractivity contribution in [3.8, 4) is 11.4 Å². The summed E-state index contributed by atoms with van der Waals surface area (Å²) in [4.78, 5) is 18.5. The molecule has 0 N–H and O–H groups in total. The summed E-state index contributed by atoms with van der Waals surface area (Å²) in [6, 6.07) is 7.49. The highest BCUT2D eigenvalue weighted by atomic mass is 32.2. The van der Waals surface area contributed by atoms with Gasteiger partial charge in [-0.1, -0.05) is 23.4 Å². The number of aryl methyl sites for hydroxylation is 1. The van der Waals surface area contributed by atoms with Gasteiger partial charge in [-0.05, 0) is 25.5 Å². The maximum absolute atomic E-state index is 12.6. The van der Waals surface area contributed by atoms with E-state index in [1.165, 1.54) is 4.31 Å². The SMILES string of the molecule is Cc1nc(-c2cccc(CC(=O)N3CCN(S(=O)(=O)C(C)C)CC3)c2)no1. The first-order valence-electron chi connectivity index (χ1n) is 8.93. The van der Waals surface area contributed by atoms with Crippen LogP contribution in [0.25, 0.3) is 11.4 Å². The average Bonchev–Trinajstić information content (AvgIpc) is 3.08. The van der Waals surface area contributed by atoms with Gasteiger partial charge in [-0.2, -0.15) is 9.29 Å². The van der Waals surface area contributed by atoms with Crippen molar-refractivity contribution in [1.29, 1.82) is 0 Å². The number of carbonyl (C=O) groups excluding carboxylic acids is 1. The van der Waals surface area contributed by atoms with Gasteiger partial charge in [0.15, 0.2) is 0 Å². The molecule has 2 aromatic rings. The molecule has 1 saturated heterocycles. The molecule has 2 heterocycles. The van der Waals surface area contributed by atoms with E-state index in [9.17, 15) is 13.2 Å². The van der Waals surface area contributed by atoms with Gasteiger partial charge < -0.3 is 9.42 Å². The Hall–Kier alpha value is -2.26. The lowest BCUT2D eigenvalue weighted by atomic mass is 10.1. The zero-order chi connectivity index (χ0) is 19.6. The monoisotopic (exact) mass is 392 g/mol. The Bertz CT molecular complexity index is 915. The van der Waals surface area contributed by atoms with Crippen molar-refractivity contribution in [2.24, 2.45) is 0 Å².